The van der Waals surface area contributed by atoms with E-state index in [4.69, 9.17) is 0 Å². The number of rotatable bonds is 10. The third kappa shape index (κ3) is 5.18. The Balaban J connectivity index is 1.33. The van der Waals surface area contributed by atoms with E-state index in [0.29, 0.717) is 28.8 Å². The molecule has 1 atom stereocenters. The summed E-state index contributed by atoms with van der Waals surface area (Å²) >= 11 is 0. The highest BCUT2D eigenvalue weighted by Crippen LogP contribution is 2.50. The number of nitrogens with one attached hydrogen (secondary N) is 3. The number of anilines is 1. The molecule has 2 aliphatic rings. The van der Waals surface area contributed by atoms with Gasteiger partial charge in [-0.25, -0.2) is 5.10 Å². The average molecular weight is 479 g/mol. The van der Waals surface area contributed by atoms with Gasteiger partial charge in [-0.05, 0) is 69.4 Å². The molecular weight excluding hydrogens is 448 g/mol. The molecule has 2 aliphatic carbocycles. The zero-order valence-corrected chi connectivity index (χ0v) is 19.8. The summed E-state index contributed by atoms with van der Waals surface area (Å²) < 4.78 is 3.24. The monoisotopic (exact) mass is 478 g/mol. The second kappa shape index (κ2) is 9.47. The highest BCUT2D eigenvalue weighted by atomic mass is 16.2. The van der Waals surface area contributed by atoms with Gasteiger partial charge in [0.15, 0.2) is 0 Å². The van der Waals surface area contributed by atoms with Crippen LogP contribution in [0.5, 0.6) is 0 Å². The van der Waals surface area contributed by atoms with Crippen molar-refractivity contribution in [3.8, 4) is 0 Å². The minimum absolute atomic E-state index is 0.0270. The van der Waals surface area contributed by atoms with Gasteiger partial charge in [0.05, 0.1) is 18.4 Å². The van der Waals surface area contributed by atoms with Crippen LogP contribution in [0.1, 0.15) is 61.6 Å². The number of aromatic nitrogens is 6. The first kappa shape index (κ1) is 23.0. The van der Waals surface area contributed by atoms with Crippen molar-refractivity contribution in [3.63, 3.8) is 0 Å². The van der Waals surface area contributed by atoms with Crippen LogP contribution in [0.15, 0.2) is 41.7 Å². The molecule has 35 heavy (non-hydrogen) atoms. The number of nitrogens with zero attached hydrogens (tertiary/aromatic N) is 5. The van der Waals surface area contributed by atoms with Gasteiger partial charge in [0, 0.05) is 30.2 Å². The molecule has 2 fully saturated rings. The lowest BCUT2D eigenvalue weighted by atomic mass is 9.88. The number of hydrogen-bond donors (Lipinski definition) is 3. The Bertz CT molecular complexity index is 1260. The number of carbonyl (C=O) groups is 2. The predicted molar refractivity (Wildman–Crippen MR) is 128 cm³/mol. The van der Waals surface area contributed by atoms with Crippen LogP contribution in [0, 0.1) is 17.8 Å². The maximum atomic E-state index is 13.5. The van der Waals surface area contributed by atoms with Crippen molar-refractivity contribution in [1.82, 2.24) is 35.1 Å². The molecule has 0 spiro atoms. The second-order valence-electron chi connectivity index (χ2n) is 9.78. The number of amides is 2. The van der Waals surface area contributed by atoms with Crippen LogP contribution < -0.4 is 16.2 Å². The van der Waals surface area contributed by atoms with Crippen molar-refractivity contribution in [1.29, 1.82) is 0 Å². The van der Waals surface area contributed by atoms with Crippen LogP contribution in [0.2, 0.25) is 0 Å². The molecule has 3 heterocycles. The predicted octanol–water partition coefficient (Wildman–Crippen LogP) is 1.97. The zero-order chi connectivity index (χ0) is 24.5. The number of H-pyrrole nitrogens is 1. The third-order valence-corrected chi connectivity index (χ3v) is 6.72. The van der Waals surface area contributed by atoms with E-state index in [0.717, 1.165) is 25.7 Å². The molecule has 0 aliphatic heterocycles. The topological polar surface area (TPSA) is 140 Å². The zero-order valence-electron chi connectivity index (χ0n) is 19.8. The van der Waals surface area contributed by atoms with Gasteiger partial charge in [0.2, 0.25) is 5.91 Å². The highest BCUT2D eigenvalue weighted by Gasteiger charge is 2.48. The normalized spacial score (nSPS) is 16.5. The van der Waals surface area contributed by atoms with Gasteiger partial charge in [-0.2, -0.15) is 15.3 Å². The molecule has 2 saturated carbocycles. The number of aromatic amines is 1. The fourth-order valence-electron chi connectivity index (χ4n) is 4.75. The van der Waals surface area contributed by atoms with E-state index < -0.39 is 6.04 Å². The molecule has 0 saturated heterocycles. The lowest BCUT2D eigenvalue weighted by Gasteiger charge is -2.27. The first-order valence-electron chi connectivity index (χ1n) is 12.1. The van der Waals surface area contributed by atoms with E-state index in [-0.39, 0.29) is 35.9 Å². The third-order valence-electron chi connectivity index (χ3n) is 6.72. The van der Waals surface area contributed by atoms with Crippen molar-refractivity contribution in [2.24, 2.45) is 17.8 Å². The lowest BCUT2D eigenvalue weighted by Crippen LogP contribution is -2.50. The van der Waals surface area contributed by atoms with Gasteiger partial charge in [-0.15, -0.1) is 0 Å². The van der Waals surface area contributed by atoms with Gasteiger partial charge in [0.1, 0.15) is 11.7 Å². The smallest absolute Gasteiger partial charge is 0.270 e. The molecule has 11 heteroatoms. The SMILES string of the molecule is CC(C)n1nccc1C(=O)NC(C(=O)Nc1cnn(Cc2ccn[nH]c2=O)c1)C(C1CC1)C1CC1. The van der Waals surface area contributed by atoms with Crippen molar-refractivity contribution < 1.29 is 9.59 Å². The minimum atomic E-state index is -0.649. The summed E-state index contributed by atoms with van der Waals surface area (Å²) in [5, 5.41) is 20.6. The van der Waals surface area contributed by atoms with Gasteiger partial charge < -0.3 is 10.6 Å². The van der Waals surface area contributed by atoms with Crippen LogP contribution in [0.25, 0.3) is 0 Å². The lowest BCUT2D eigenvalue weighted by molar-refractivity contribution is -0.119. The number of carbonyl (C=O) groups excluding carboxylic acids is 2. The van der Waals surface area contributed by atoms with Crippen LogP contribution in [0.4, 0.5) is 5.69 Å². The summed E-state index contributed by atoms with van der Waals surface area (Å²) in [6, 6.07) is 2.68. The van der Waals surface area contributed by atoms with Crippen LogP contribution in [0.3, 0.4) is 0 Å². The van der Waals surface area contributed by atoms with E-state index in [1.165, 1.54) is 6.20 Å². The van der Waals surface area contributed by atoms with Crippen LogP contribution in [-0.4, -0.2) is 47.6 Å². The molecule has 0 aromatic carbocycles. The van der Waals surface area contributed by atoms with Crippen molar-refractivity contribution >= 4 is 17.5 Å². The Hall–Kier alpha value is -3.76. The summed E-state index contributed by atoms with van der Waals surface area (Å²) in [6.45, 7) is 4.17. The van der Waals surface area contributed by atoms with E-state index in [9.17, 15) is 14.4 Å². The second-order valence-corrected chi connectivity index (χ2v) is 9.78. The van der Waals surface area contributed by atoms with Gasteiger partial charge in [0.25, 0.3) is 11.5 Å². The molecule has 3 aromatic heterocycles. The summed E-state index contributed by atoms with van der Waals surface area (Å²) in [6.07, 6.45) is 10.7. The van der Waals surface area contributed by atoms with Gasteiger partial charge >= 0.3 is 0 Å². The van der Waals surface area contributed by atoms with E-state index >= 15 is 0 Å². The quantitative estimate of drug-likeness (QED) is 0.407. The van der Waals surface area contributed by atoms with Gasteiger partial charge in [-0.3, -0.25) is 23.7 Å². The molecule has 184 valence electrons. The van der Waals surface area contributed by atoms with Crippen LogP contribution >= 0.6 is 0 Å². The Kier molecular flexibility index (Phi) is 6.23. The molecule has 2 amide bonds. The molecular formula is C24H30N8O3. The van der Waals surface area contributed by atoms with Crippen molar-refractivity contribution in [3.05, 3.63) is 58.5 Å². The maximum Gasteiger partial charge on any atom is 0.270 e. The number of hydrogen-bond acceptors (Lipinski definition) is 6. The van der Waals surface area contributed by atoms with Gasteiger partial charge in [-0.1, -0.05) is 0 Å². The standard InChI is InChI=1S/C24H30N8O3/c1-14(2)32-19(8-10-26-32)23(34)29-21(20(15-3-4-15)16-5-6-16)24(35)28-18-11-27-31(13-18)12-17-7-9-25-30-22(17)33/h7-11,13-16,20-21H,3-6,12H2,1-2H3,(H,28,35)(H,29,34)(H,30,33). The minimum Gasteiger partial charge on any atom is -0.339 e. The summed E-state index contributed by atoms with van der Waals surface area (Å²) in [4.78, 5) is 38.6. The molecule has 11 nitrogen and oxygen atoms in total. The Morgan fingerprint density at radius 2 is 1.86 bits per heavy atom. The maximum absolute atomic E-state index is 13.5. The fraction of sp³-hybridized carbons (Fsp3) is 0.500. The van der Waals surface area contributed by atoms with Crippen molar-refractivity contribution in [2.45, 2.75) is 58.2 Å². The molecule has 5 rings (SSSR count). The first-order valence-corrected chi connectivity index (χ1v) is 12.1. The summed E-state index contributed by atoms with van der Waals surface area (Å²) in [5.41, 5.74) is 1.18. The van der Waals surface area contributed by atoms with E-state index in [2.05, 4.69) is 31.0 Å². The Morgan fingerprint density at radius 3 is 2.51 bits per heavy atom. The van der Waals surface area contributed by atoms with Crippen LogP contribution in [-0.2, 0) is 11.3 Å². The molecule has 0 bridgehead atoms. The summed E-state index contributed by atoms with van der Waals surface area (Å²) in [7, 11) is 0. The van der Waals surface area contributed by atoms with Crippen molar-refractivity contribution in [2.75, 3.05) is 5.32 Å². The Morgan fingerprint density at radius 1 is 1.11 bits per heavy atom. The molecule has 3 N–H and O–H groups in total. The fourth-order valence-corrected chi connectivity index (χ4v) is 4.75. The summed E-state index contributed by atoms with van der Waals surface area (Å²) in [5.74, 6) is 0.471. The average Bonchev–Trinajstić information content (AvgIpc) is 3.75. The molecule has 0 radical (unpaired) electrons. The molecule has 1 unspecified atom stereocenters. The first-order chi connectivity index (χ1) is 16.9. The molecule has 3 aromatic rings. The Labute approximate surface area is 202 Å². The van der Waals surface area contributed by atoms with E-state index in [1.54, 1.807) is 40.1 Å². The van der Waals surface area contributed by atoms with E-state index in [1.807, 2.05) is 13.8 Å². The highest BCUT2D eigenvalue weighted by molar-refractivity contribution is 6.00. The largest absolute Gasteiger partial charge is 0.339 e.